The van der Waals surface area contributed by atoms with Crippen molar-refractivity contribution in [2.75, 3.05) is 26.7 Å². The van der Waals surface area contributed by atoms with Crippen LogP contribution in [0.5, 0.6) is 5.75 Å². The number of amides is 1. The Labute approximate surface area is 166 Å². The monoisotopic (exact) mass is 380 g/mol. The molecule has 1 aliphatic rings. The number of nitrogens with zero attached hydrogens (tertiary/aromatic N) is 1. The van der Waals surface area contributed by atoms with E-state index in [0.29, 0.717) is 12.1 Å². The van der Waals surface area contributed by atoms with Crippen LogP contribution in [0.15, 0.2) is 47.5 Å². The number of nitrogens with one attached hydrogen (secondary N) is 3. The van der Waals surface area contributed by atoms with E-state index >= 15 is 0 Å². The molecule has 3 N–H and O–H groups in total. The maximum Gasteiger partial charge on any atom is 0.251 e. The summed E-state index contributed by atoms with van der Waals surface area (Å²) in [6.07, 6.45) is 1.92. The van der Waals surface area contributed by atoms with Gasteiger partial charge in [0.2, 0.25) is 0 Å². The number of hydrogen-bond acceptors (Lipinski definition) is 3. The van der Waals surface area contributed by atoms with Gasteiger partial charge in [-0.25, -0.2) is 4.99 Å². The fraction of sp³-hybridized carbons (Fsp3) is 0.364. The van der Waals surface area contributed by atoms with Crippen molar-refractivity contribution in [3.05, 3.63) is 64.7 Å². The number of fused-ring (bicyclic) bond motifs is 1. The van der Waals surface area contributed by atoms with E-state index in [-0.39, 0.29) is 5.91 Å². The van der Waals surface area contributed by atoms with Gasteiger partial charge in [0.1, 0.15) is 5.75 Å². The molecule has 0 unspecified atom stereocenters. The highest BCUT2D eigenvalue weighted by molar-refractivity contribution is 5.94. The first-order valence-corrected chi connectivity index (χ1v) is 9.77. The molecule has 0 atom stereocenters. The smallest absolute Gasteiger partial charge is 0.251 e. The molecule has 0 saturated carbocycles. The van der Waals surface area contributed by atoms with E-state index in [4.69, 9.17) is 4.74 Å². The highest BCUT2D eigenvalue weighted by atomic mass is 16.5. The molecule has 2 aromatic carbocycles. The molecule has 0 saturated heterocycles. The molecular weight excluding hydrogens is 352 g/mol. The number of benzene rings is 2. The summed E-state index contributed by atoms with van der Waals surface area (Å²) in [5, 5.41) is 9.30. The maximum absolute atomic E-state index is 11.8. The molecule has 3 rings (SSSR count). The summed E-state index contributed by atoms with van der Waals surface area (Å²) >= 11 is 0. The average molecular weight is 380 g/mol. The second-order valence-electron chi connectivity index (χ2n) is 6.69. The molecule has 6 nitrogen and oxygen atoms in total. The zero-order chi connectivity index (χ0) is 19.8. The predicted molar refractivity (Wildman–Crippen MR) is 112 cm³/mol. The standard InChI is InChI=1S/C22H28N4O2/c1-3-24-22(26-15-17-5-4-6-19(14-17)21(27)23-2)25-11-9-16-7-8-20-18(13-16)10-12-28-20/h4-8,13-14H,3,9-12,15H2,1-2H3,(H,23,27)(H2,24,25,26). The Morgan fingerprint density at radius 1 is 1.14 bits per heavy atom. The summed E-state index contributed by atoms with van der Waals surface area (Å²) in [7, 11) is 1.63. The maximum atomic E-state index is 11.8. The van der Waals surface area contributed by atoms with Gasteiger partial charge in [0, 0.05) is 32.1 Å². The first kappa shape index (κ1) is 19.7. The Balaban J connectivity index is 1.56. The number of carbonyl (C=O) groups is 1. The summed E-state index contributed by atoms with van der Waals surface area (Å²) in [6, 6.07) is 14.0. The van der Waals surface area contributed by atoms with E-state index in [0.717, 1.165) is 49.8 Å². The zero-order valence-corrected chi connectivity index (χ0v) is 16.5. The van der Waals surface area contributed by atoms with Crippen molar-refractivity contribution in [3.63, 3.8) is 0 Å². The second kappa shape index (κ2) is 9.78. The second-order valence-corrected chi connectivity index (χ2v) is 6.69. The average Bonchev–Trinajstić information content (AvgIpc) is 3.19. The molecule has 1 amide bonds. The van der Waals surface area contributed by atoms with Crippen LogP contribution in [0.1, 0.15) is 34.0 Å². The molecule has 2 aromatic rings. The lowest BCUT2D eigenvalue weighted by Crippen LogP contribution is -2.38. The fourth-order valence-corrected chi connectivity index (χ4v) is 3.19. The van der Waals surface area contributed by atoms with Gasteiger partial charge < -0.3 is 20.7 Å². The van der Waals surface area contributed by atoms with Crippen LogP contribution in [0.4, 0.5) is 0 Å². The minimum Gasteiger partial charge on any atom is -0.493 e. The molecule has 0 bridgehead atoms. The van der Waals surface area contributed by atoms with Crippen LogP contribution in [0.25, 0.3) is 0 Å². The number of aliphatic imine (C=N–C) groups is 1. The van der Waals surface area contributed by atoms with Crippen molar-refractivity contribution in [1.82, 2.24) is 16.0 Å². The number of guanidine groups is 1. The summed E-state index contributed by atoms with van der Waals surface area (Å²) in [4.78, 5) is 16.4. The lowest BCUT2D eigenvalue weighted by molar-refractivity contribution is 0.0963. The number of ether oxygens (including phenoxy) is 1. The molecule has 0 aromatic heterocycles. The largest absolute Gasteiger partial charge is 0.493 e. The minimum absolute atomic E-state index is 0.0874. The van der Waals surface area contributed by atoms with E-state index in [1.807, 2.05) is 25.1 Å². The Hall–Kier alpha value is -3.02. The molecule has 6 heteroatoms. The number of carbonyl (C=O) groups excluding carboxylic acids is 1. The van der Waals surface area contributed by atoms with Gasteiger partial charge in [-0.3, -0.25) is 4.79 Å². The molecule has 1 heterocycles. The number of rotatable bonds is 7. The van der Waals surface area contributed by atoms with Crippen LogP contribution < -0.4 is 20.7 Å². The van der Waals surface area contributed by atoms with Gasteiger partial charge in [0.25, 0.3) is 5.91 Å². The van der Waals surface area contributed by atoms with Gasteiger partial charge in [-0.15, -0.1) is 0 Å². The minimum atomic E-state index is -0.0874. The van der Waals surface area contributed by atoms with Crippen LogP contribution in [-0.2, 0) is 19.4 Å². The predicted octanol–water partition coefficient (Wildman–Crippen LogP) is 2.28. The molecule has 0 radical (unpaired) electrons. The Morgan fingerprint density at radius 2 is 2.04 bits per heavy atom. The van der Waals surface area contributed by atoms with Crippen LogP contribution >= 0.6 is 0 Å². The first-order chi connectivity index (χ1) is 13.7. The van der Waals surface area contributed by atoms with Crippen LogP contribution in [-0.4, -0.2) is 38.6 Å². The van der Waals surface area contributed by atoms with Crippen LogP contribution in [0, 0.1) is 0 Å². The summed E-state index contributed by atoms with van der Waals surface area (Å²) in [5.41, 5.74) is 4.24. The summed E-state index contributed by atoms with van der Waals surface area (Å²) < 4.78 is 5.56. The van der Waals surface area contributed by atoms with Crippen molar-refractivity contribution in [2.24, 2.45) is 4.99 Å². The fourth-order valence-electron chi connectivity index (χ4n) is 3.19. The van der Waals surface area contributed by atoms with Gasteiger partial charge in [-0.2, -0.15) is 0 Å². The van der Waals surface area contributed by atoms with Crippen molar-refractivity contribution in [2.45, 2.75) is 26.3 Å². The van der Waals surface area contributed by atoms with Crippen molar-refractivity contribution in [3.8, 4) is 5.75 Å². The molecule has 148 valence electrons. The Morgan fingerprint density at radius 3 is 2.86 bits per heavy atom. The van der Waals surface area contributed by atoms with Crippen molar-refractivity contribution < 1.29 is 9.53 Å². The summed E-state index contributed by atoms with van der Waals surface area (Å²) in [5.74, 6) is 1.71. The van der Waals surface area contributed by atoms with Crippen LogP contribution in [0.2, 0.25) is 0 Å². The topological polar surface area (TPSA) is 74.8 Å². The molecule has 0 fully saturated rings. The van der Waals surface area contributed by atoms with Gasteiger partial charge in [-0.1, -0.05) is 24.3 Å². The Kier molecular flexibility index (Phi) is 6.89. The normalized spacial score (nSPS) is 12.9. The molecule has 0 aliphatic carbocycles. The molecular formula is C22H28N4O2. The Bertz CT molecular complexity index is 848. The van der Waals surface area contributed by atoms with Gasteiger partial charge >= 0.3 is 0 Å². The van der Waals surface area contributed by atoms with Crippen LogP contribution in [0.3, 0.4) is 0 Å². The van der Waals surface area contributed by atoms with Gasteiger partial charge in [0.15, 0.2) is 5.96 Å². The van der Waals surface area contributed by atoms with Crippen molar-refractivity contribution >= 4 is 11.9 Å². The first-order valence-electron chi connectivity index (χ1n) is 9.77. The third-order valence-electron chi connectivity index (χ3n) is 4.64. The summed E-state index contributed by atoms with van der Waals surface area (Å²) in [6.45, 7) is 4.93. The highest BCUT2D eigenvalue weighted by Gasteiger charge is 2.11. The molecule has 28 heavy (non-hydrogen) atoms. The quantitative estimate of drug-likeness (QED) is 0.509. The number of hydrogen-bond donors (Lipinski definition) is 3. The SMILES string of the molecule is CCNC(=NCc1cccc(C(=O)NC)c1)NCCc1ccc2c(c1)CCO2. The van der Waals surface area contributed by atoms with E-state index in [9.17, 15) is 4.79 Å². The third-order valence-corrected chi connectivity index (χ3v) is 4.64. The third kappa shape index (κ3) is 5.25. The zero-order valence-electron chi connectivity index (χ0n) is 16.5. The van der Waals surface area contributed by atoms with Gasteiger partial charge in [-0.05, 0) is 48.2 Å². The molecule has 1 aliphatic heterocycles. The lowest BCUT2D eigenvalue weighted by Gasteiger charge is -2.12. The van der Waals surface area contributed by atoms with E-state index < -0.39 is 0 Å². The van der Waals surface area contributed by atoms with Crippen molar-refractivity contribution in [1.29, 1.82) is 0 Å². The highest BCUT2D eigenvalue weighted by Crippen LogP contribution is 2.25. The van der Waals surface area contributed by atoms with E-state index in [1.54, 1.807) is 13.1 Å². The lowest BCUT2D eigenvalue weighted by atomic mass is 10.1. The van der Waals surface area contributed by atoms with E-state index in [2.05, 4.69) is 39.1 Å². The van der Waals surface area contributed by atoms with E-state index in [1.165, 1.54) is 11.1 Å². The van der Waals surface area contributed by atoms with Gasteiger partial charge in [0.05, 0.1) is 13.2 Å². The molecule has 0 spiro atoms.